The lowest BCUT2D eigenvalue weighted by atomic mass is 10.1. The summed E-state index contributed by atoms with van der Waals surface area (Å²) in [5, 5.41) is 0.393. The number of nitrogens with zero attached hydrogens (tertiary/aromatic N) is 1. The van der Waals surface area contributed by atoms with Gasteiger partial charge in [0.2, 0.25) is 12.2 Å². The van der Waals surface area contributed by atoms with E-state index in [1.54, 1.807) is 29.2 Å². The van der Waals surface area contributed by atoms with E-state index in [1.165, 1.54) is 11.8 Å². The fourth-order valence-electron chi connectivity index (χ4n) is 4.09. The Morgan fingerprint density at radius 1 is 0.909 bits per heavy atom. The van der Waals surface area contributed by atoms with Crippen molar-refractivity contribution in [1.82, 2.24) is 4.90 Å². The van der Waals surface area contributed by atoms with Gasteiger partial charge in [0.1, 0.15) is 17.4 Å². The monoisotopic (exact) mass is 441 g/mol. The van der Waals surface area contributed by atoms with Crippen molar-refractivity contribution in [2.75, 3.05) is 13.3 Å². The van der Waals surface area contributed by atoms with Crippen molar-refractivity contribution in [3.8, 4) is 11.5 Å². The zero-order valence-electron chi connectivity index (χ0n) is 18.0. The van der Waals surface area contributed by atoms with Crippen LogP contribution in [0.3, 0.4) is 0 Å². The summed E-state index contributed by atoms with van der Waals surface area (Å²) in [5.41, 5.74) is 2.20. The van der Waals surface area contributed by atoms with Crippen LogP contribution < -0.4 is 14.9 Å². The number of hydrogen-bond acceptors (Lipinski definition) is 5. The molecule has 0 fully saturated rings. The number of aryl methyl sites for hydroxylation is 1. The van der Waals surface area contributed by atoms with Crippen molar-refractivity contribution in [3.63, 3.8) is 0 Å². The third-order valence-corrected chi connectivity index (χ3v) is 5.77. The van der Waals surface area contributed by atoms with Crippen LogP contribution >= 0.6 is 0 Å². The van der Waals surface area contributed by atoms with Crippen molar-refractivity contribution < 1.29 is 18.7 Å². The average Bonchev–Trinajstić information content (AvgIpc) is 3.34. The lowest BCUT2D eigenvalue weighted by Gasteiger charge is -2.23. The fourth-order valence-corrected chi connectivity index (χ4v) is 4.09. The average molecular weight is 441 g/mol. The number of rotatable bonds is 7. The molecule has 1 aromatic heterocycles. The van der Waals surface area contributed by atoms with Gasteiger partial charge in [-0.1, -0.05) is 54.6 Å². The van der Waals surface area contributed by atoms with Crippen LogP contribution in [0.2, 0.25) is 0 Å². The Hall–Kier alpha value is -4.06. The molecule has 6 heteroatoms. The molecule has 0 spiro atoms. The minimum absolute atomic E-state index is 0.0261. The number of carbonyl (C=O) groups is 1. The first-order valence-corrected chi connectivity index (χ1v) is 10.9. The Labute approximate surface area is 191 Å². The van der Waals surface area contributed by atoms with E-state index in [4.69, 9.17) is 13.9 Å². The van der Waals surface area contributed by atoms with Crippen molar-refractivity contribution >= 4 is 16.9 Å². The Kier molecular flexibility index (Phi) is 5.81. The minimum atomic E-state index is -0.362. The molecule has 0 N–H and O–H groups in total. The van der Waals surface area contributed by atoms with Gasteiger partial charge in [-0.3, -0.25) is 9.59 Å². The topological polar surface area (TPSA) is 69.0 Å². The van der Waals surface area contributed by atoms with Gasteiger partial charge in [0, 0.05) is 18.7 Å². The number of fused-ring (bicyclic) bond motifs is 2. The van der Waals surface area contributed by atoms with Crippen molar-refractivity contribution in [1.29, 1.82) is 0 Å². The molecule has 6 nitrogen and oxygen atoms in total. The summed E-state index contributed by atoms with van der Waals surface area (Å²) < 4.78 is 16.7. The molecule has 0 saturated carbocycles. The van der Waals surface area contributed by atoms with Crippen LogP contribution in [0.4, 0.5) is 0 Å². The second kappa shape index (κ2) is 9.20. The molecule has 0 saturated heterocycles. The molecule has 0 bridgehead atoms. The molecular weight excluding hydrogens is 418 g/mol. The van der Waals surface area contributed by atoms with Gasteiger partial charge >= 0.3 is 0 Å². The predicted molar refractivity (Wildman–Crippen MR) is 125 cm³/mol. The summed E-state index contributed by atoms with van der Waals surface area (Å²) in [6.45, 7) is 0.930. The molecule has 3 aromatic carbocycles. The third-order valence-electron chi connectivity index (χ3n) is 5.77. The molecule has 4 aromatic rings. The Morgan fingerprint density at radius 3 is 2.61 bits per heavy atom. The number of ether oxygens (including phenoxy) is 2. The SMILES string of the molecule is O=C(c1coc2ccccc2c1=O)N(CCCc1ccccc1)Cc1cccc2c1OCO2. The smallest absolute Gasteiger partial charge is 0.261 e. The van der Waals surface area contributed by atoms with Crippen LogP contribution in [-0.2, 0) is 13.0 Å². The molecule has 166 valence electrons. The molecule has 33 heavy (non-hydrogen) atoms. The van der Waals surface area contributed by atoms with Gasteiger partial charge in [-0.05, 0) is 36.6 Å². The van der Waals surface area contributed by atoms with Crippen LogP contribution in [0.15, 0.2) is 88.3 Å². The van der Waals surface area contributed by atoms with Gasteiger partial charge in [-0.15, -0.1) is 0 Å². The van der Waals surface area contributed by atoms with Gasteiger partial charge in [-0.25, -0.2) is 0 Å². The molecule has 0 radical (unpaired) electrons. The summed E-state index contributed by atoms with van der Waals surface area (Å²) in [7, 11) is 0. The summed E-state index contributed by atoms with van der Waals surface area (Å²) >= 11 is 0. The zero-order chi connectivity index (χ0) is 22.6. The van der Waals surface area contributed by atoms with E-state index in [0.29, 0.717) is 35.6 Å². The number of hydrogen-bond donors (Lipinski definition) is 0. The van der Waals surface area contributed by atoms with Crippen LogP contribution in [-0.4, -0.2) is 24.1 Å². The van der Waals surface area contributed by atoms with E-state index in [-0.39, 0.29) is 23.7 Å². The Bertz CT molecular complexity index is 1350. The van der Waals surface area contributed by atoms with Crippen LogP contribution in [0.1, 0.15) is 27.9 Å². The van der Waals surface area contributed by atoms with Crippen LogP contribution in [0.25, 0.3) is 11.0 Å². The Balaban J connectivity index is 1.44. The maximum Gasteiger partial charge on any atom is 0.261 e. The number of para-hydroxylation sites is 2. The van der Waals surface area contributed by atoms with E-state index < -0.39 is 0 Å². The first-order chi connectivity index (χ1) is 16.2. The lowest BCUT2D eigenvalue weighted by Crippen LogP contribution is -2.35. The van der Waals surface area contributed by atoms with E-state index in [2.05, 4.69) is 12.1 Å². The van der Waals surface area contributed by atoms with Crippen LogP contribution in [0, 0.1) is 0 Å². The standard InChI is InChI=1S/C27H23NO5/c29-25-21-12-4-5-13-23(21)31-17-22(25)27(30)28(15-7-10-19-8-2-1-3-9-19)16-20-11-6-14-24-26(20)33-18-32-24/h1-6,8-9,11-14,17H,7,10,15-16,18H2. The highest BCUT2D eigenvalue weighted by Crippen LogP contribution is 2.36. The Morgan fingerprint density at radius 2 is 1.73 bits per heavy atom. The first kappa shape index (κ1) is 20.8. The molecule has 2 heterocycles. The minimum Gasteiger partial charge on any atom is -0.463 e. The van der Waals surface area contributed by atoms with Gasteiger partial charge in [0.05, 0.1) is 5.39 Å². The number of amides is 1. The second-order valence-corrected chi connectivity index (χ2v) is 7.94. The zero-order valence-corrected chi connectivity index (χ0v) is 18.0. The van der Waals surface area contributed by atoms with Gasteiger partial charge in [0.15, 0.2) is 11.5 Å². The molecule has 1 amide bonds. The van der Waals surface area contributed by atoms with E-state index in [0.717, 1.165) is 18.4 Å². The number of benzene rings is 3. The summed E-state index contributed by atoms with van der Waals surface area (Å²) in [5.74, 6) is 0.942. The summed E-state index contributed by atoms with van der Waals surface area (Å²) in [6.07, 6.45) is 2.84. The summed E-state index contributed by atoms with van der Waals surface area (Å²) in [6, 6.07) is 22.7. The molecule has 1 aliphatic heterocycles. The molecule has 0 atom stereocenters. The van der Waals surface area contributed by atoms with E-state index in [1.807, 2.05) is 36.4 Å². The molecule has 0 aliphatic carbocycles. The predicted octanol–water partition coefficient (Wildman–Crippen LogP) is 4.80. The maximum atomic E-state index is 13.6. The largest absolute Gasteiger partial charge is 0.463 e. The molecule has 0 unspecified atom stereocenters. The number of carbonyl (C=O) groups excluding carboxylic acids is 1. The van der Waals surface area contributed by atoms with E-state index >= 15 is 0 Å². The normalized spacial score (nSPS) is 12.1. The van der Waals surface area contributed by atoms with Gasteiger partial charge in [-0.2, -0.15) is 0 Å². The third kappa shape index (κ3) is 4.32. The quantitative estimate of drug-likeness (QED) is 0.412. The van der Waals surface area contributed by atoms with Crippen molar-refractivity contribution in [3.05, 3.63) is 106 Å². The van der Waals surface area contributed by atoms with E-state index in [9.17, 15) is 9.59 Å². The highest BCUT2D eigenvalue weighted by atomic mass is 16.7. The highest BCUT2D eigenvalue weighted by Gasteiger charge is 2.24. The fraction of sp³-hybridized carbons (Fsp3) is 0.185. The van der Waals surface area contributed by atoms with Gasteiger partial charge < -0.3 is 18.8 Å². The molecule has 1 aliphatic rings. The van der Waals surface area contributed by atoms with Gasteiger partial charge in [0.25, 0.3) is 5.91 Å². The highest BCUT2D eigenvalue weighted by molar-refractivity contribution is 5.96. The first-order valence-electron chi connectivity index (χ1n) is 10.9. The van der Waals surface area contributed by atoms with Crippen LogP contribution in [0.5, 0.6) is 11.5 Å². The molecular formula is C27H23NO5. The maximum absolute atomic E-state index is 13.6. The van der Waals surface area contributed by atoms with Crippen molar-refractivity contribution in [2.45, 2.75) is 19.4 Å². The molecule has 5 rings (SSSR count). The lowest BCUT2D eigenvalue weighted by molar-refractivity contribution is 0.0736. The van der Waals surface area contributed by atoms with Crippen molar-refractivity contribution in [2.24, 2.45) is 0 Å². The summed E-state index contributed by atoms with van der Waals surface area (Å²) in [4.78, 5) is 28.3. The second-order valence-electron chi connectivity index (χ2n) is 7.94.